The lowest BCUT2D eigenvalue weighted by molar-refractivity contribution is 0.255. The van der Waals surface area contributed by atoms with Crippen LogP contribution in [0.15, 0.2) is 30.5 Å². The molecule has 2 amide bonds. The lowest BCUT2D eigenvalue weighted by Gasteiger charge is -2.22. The van der Waals surface area contributed by atoms with E-state index < -0.39 is 0 Å². The van der Waals surface area contributed by atoms with Crippen molar-refractivity contribution in [2.45, 2.75) is 27.7 Å². The number of carbonyl (C=O) groups excluding carboxylic acids is 1. The lowest BCUT2D eigenvalue weighted by atomic mass is 10.1. The molecule has 1 rings (SSSR count). The molecule has 104 valence electrons. The largest absolute Gasteiger partial charge is 0.372 e. The summed E-state index contributed by atoms with van der Waals surface area (Å²) in [7, 11) is 0. The average Bonchev–Trinajstić information content (AvgIpc) is 2.41. The van der Waals surface area contributed by atoms with Crippen LogP contribution in [0.1, 0.15) is 26.3 Å². The van der Waals surface area contributed by atoms with Crippen LogP contribution in [0.25, 0.3) is 0 Å². The van der Waals surface area contributed by atoms with E-state index in [0.29, 0.717) is 0 Å². The predicted octanol–water partition coefficient (Wildman–Crippen LogP) is 3.50. The SMILES string of the molecule is C/C=C/NC(=O)Nc1ccc(N(CC)CC)cc1C. The fraction of sp³-hybridized carbons (Fsp3) is 0.400. The monoisotopic (exact) mass is 261 g/mol. The van der Waals surface area contributed by atoms with Crippen molar-refractivity contribution in [1.29, 1.82) is 0 Å². The van der Waals surface area contributed by atoms with Crippen LogP contribution in [0.2, 0.25) is 0 Å². The summed E-state index contributed by atoms with van der Waals surface area (Å²) in [5.41, 5.74) is 3.07. The first kappa shape index (κ1) is 15.1. The summed E-state index contributed by atoms with van der Waals surface area (Å²) in [6, 6.07) is 5.85. The van der Waals surface area contributed by atoms with Gasteiger partial charge in [0.15, 0.2) is 0 Å². The van der Waals surface area contributed by atoms with Crippen LogP contribution < -0.4 is 15.5 Å². The van der Waals surface area contributed by atoms with Crippen LogP contribution in [0.4, 0.5) is 16.2 Å². The summed E-state index contributed by atoms with van der Waals surface area (Å²) < 4.78 is 0. The molecule has 2 N–H and O–H groups in total. The standard InChI is InChI=1S/C15H23N3O/c1-5-10-16-15(19)17-14-9-8-13(11-12(14)4)18(6-2)7-3/h5,8-11H,6-7H2,1-4H3,(H2,16,17,19)/b10-5+. The van der Waals surface area contributed by atoms with Gasteiger partial charge in [-0.3, -0.25) is 0 Å². The Labute approximate surface area is 115 Å². The number of nitrogens with zero attached hydrogens (tertiary/aromatic N) is 1. The van der Waals surface area contributed by atoms with Crippen LogP contribution in [0.5, 0.6) is 0 Å². The maximum Gasteiger partial charge on any atom is 0.323 e. The van der Waals surface area contributed by atoms with Crippen LogP contribution in [-0.2, 0) is 0 Å². The van der Waals surface area contributed by atoms with Crippen molar-refractivity contribution in [3.8, 4) is 0 Å². The molecular weight excluding hydrogens is 238 g/mol. The first-order valence-corrected chi connectivity index (χ1v) is 6.66. The van der Waals surface area contributed by atoms with Gasteiger partial charge in [-0.1, -0.05) is 6.08 Å². The number of amides is 2. The number of hydrogen-bond donors (Lipinski definition) is 2. The van der Waals surface area contributed by atoms with Crippen LogP contribution >= 0.6 is 0 Å². The summed E-state index contributed by atoms with van der Waals surface area (Å²) in [5, 5.41) is 5.45. The molecule has 0 aromatic heterocycles. The summed E-state index contributed by atoms with van der Waals surface area (Å²) in [6.07, 6.45) is 3.38. The highest BCUT2D eigenvalue weighted by atomic mass is 16.2. The van der Waals surface area contributed by atoms with Crippen LogP contribution in [0.3, 0.4) is 0 Å². The van der Waals surface area contributed by atoms with Gasteiger partial charge in [0.25, 0.3) is 0 Å². The van der Waals surface area contributed by atoms with Crippen molar-refractivity contribution < 1.29 is 4.79 Å². The molecule has 1 aromatic carbocycles. The minimum atomic E-state index is -0.225. The van der Waals surface area contributed by atoms with Gasteiger partial charge in [0.1, 0.15) is 0 Å². The number of urea groups is 1. The summed E-state index contributed by atoms with van der Waals surface area (Å²) in [6.45, 7) is 10.1. The van der Waals surface area contributed by atoms with E-state index in [0.717, 1.165) is 24.3 Å². The molecule has 0 saturated heterocycles. The van der Waals surface area contributed by atoms with Crippen molar-refractivity contribution in [1.82, 2.24) is 5.32 Å². The second-order valence-corrected chi connectivity index (χ2v) is 4.27. The Hall–Kier alpha value is -1.97. The van der Waals surface area contributed by atoms with Gasteiger partial charge >= 0.3 is 6.03 Å². The molecule has 0 heterocycles. The molecule has 0 saturated carbocycles. The Morgan fingerprint density at radius 1 is 1.32 bits per heavy atom. The third-order valence-electron chi connectivity index (χ3n) is 2.97. The molecule has 0 unspecified atom stereocenters. The van der Waals surface area contributed by atoms with Crippen molar-refractivity contribution in [2.24, 2.45) is 0 Å². The van der Waals surface area contributed by atoms with Gasteiger partial charge in [0, 0.05) is 30.7 Å². The number of hydrogen-bond acceptors (Lipinski definition) is 2. The minimum Gasteiger partial charge on any atom is -0.372 e. The third kappa shape index (κ3) is 4.32. The molecule has 4 nitrogen and oxygen atoms in total. The number of carbonyl (C=O) groups is 1. The number of benzene rings is 1. The highest BCUT2D eigenvalue weighted by Crippen LogP contribution is 2.22. The third-order valence-corrected chi connectivity index (χ3v) is 2.97. The molecule has 0 bridgehead atoms. The Bertz CT molecular complexity index is 451. The highest BCUT2D eigenvalue weighted by molar-refractivity contribution is 5.91. The molecule has 0 fully saturated rings. The lowest BCUT2D eigenvalue weighted by Crippen LogP contribution is -2.25. The predicted molar refractivity (Wildman–Crippen MR) is 81.7 cm³/mol. The van der Waals surface area contributed by atoms with Crippen LogP contribution in [-0.4, -0.2) is 19.1 Å². The molecule has 0 aliphatic rings. The molecule has 4 heteroatoms. The smallest absolute Gasteiger partial charge is 0.323 e. The molecule has 0 spiro atoms. The molecule has 19 heavy (non-hydrogen) atoms. The fourth-order valence-corrected chi connectivity index (χ4v) is 1.89. The number of nitrogens with one attached hydrogen (secondary N) is 2. The van der Waals surface area contributed by atoms with E-state index in [-0.39, 0.29) is 6.03 Å². The second-order valence-electron chi connectivity index (χ2n) is 4.27. The van der Waals surface area contributed by atoms with E-state index in [1.54, 1.807) is 12.3 Å². The molecular formula is C15H23N3O. The number of rotatable bonds is 5. The molecule has 0 atom stereocenters. The zero-order valence-electron chi connectivity index (χ0n) is 12.2. The topological polar surface area (TPSA) is 44.4 Å². The van der Waals surface area contributed by atoms with Gasteiger partial charge in [-0.15, -0.1) is 0 Å². The van der Waals surface area contributed by atoms with Gasteiger partial charge in [0.2, 0.25) is 0 Å². The average molecular weight is 261 g/mol. The van der Waals surface area contributed by atoms with Crippen molar-refractivity contribution in [2.75, 3.05) is 23.3 Å². The van der Waals surface area contributed by atoms with Crippen LogP contribution in [0, 0.1) is 6.92 Å². The number of anilines is 2. The molecule has 0 radical (unpaired) electrons. The quantitative estimate of drug-likeness (QED) is 0.852. The van der Waals surface area contributed by atoms with Crippen molar-refractivity contribution >= 4 is 17.4 Å². The maximum atomic E-state index is 11.6. The maximum absolute atomic E-state index is 11.6. The van der Waals surface area contributed by atoms with Crippen molar-refractivity contribution in [3.05, 3.63) is 36.0 Å². The normalized spacial score (nSPS) is 10.5. The molecule has 1 aromatic rings. The van der Waals surface area contributed by atoms with E-state index >= 15 is 0 Å². The second kappa shape index (κ2) is 7.46. The molecule has 0 aliphatic heterocycles. The highest BCUT2D eigenvalue weighted by Gasteiger charge is 2.06. The van der Waals surface area contributed by atoms with E-state index in [1.807, 2.05) is 26.0 Å². The van der Waals surface area contributed by atoms with E-state index in [2.05, 4.69) is 35.4 Å². The van der Waals surface area contributed by atoms with E-state index in [4.69, 9.17) is 0 Å². The van der Waals surface area contributed by atoms with E-state index in [9.17, 15) is 4.79 Å². The summed E-state index contributed by atoms with van der Waals surface area (Å²) in [5.74, 6) is 0. The van der Waals surface area contributed by atoms with Gasteiger partial charge < -0.3 is 15.5 Å². The zero-order valence-corrected chi connectivity index (χ0v) is 12.2. The van der Waals surface area contributed by atoms with Crippen molar-refractivity contribution in [3.63, 3.8) is 0 Å². The molecule has 0 aliphatic carbocycles. The van der Waals surface area contributed by atoms with E-state index in [1.165, 1.54) is 5.69 Å². The Morgan fingerprint density at radius 2 is 2.00 bits per heavy atom. The zero-order chi connectivity index (χ0) is 14.3. The first-order valence-electron chi connectivity index (χ1n) is 6.66. The van der Waals surface area contributed by atoms with Gasteiger partial charge in [-0.25, -0.2) is 4.79 Å². The Morgan fingerprint density at radius 3 is 2.53 bits per heavy atom. The first-order chi connectivity index (χ1) is 9.12. The van der Waals surface area contributed by atoms with Gasteiger partial charge in [0.05, 0.1) is 0 Å². The Kier molecular flexibility index (Phi) is 5.93. The summed E-state index contributed by atoms with van der Waals surface area (Å²) in [4.78, 5) is 13.8. The summed E-state index contributed by atoms with van der Waals surface area (Å²) >= 11 is 0. The number of aryl methyl sites for hydroxylation is 1. The Balaban J connectivity index is 2.80. The minimum absolute atomic E-state index is 0.225. The number of allylic oxidation sites excluding steroid dienone is 1. The fourth-order valence-electron chi connectivity index (χ4n) is 1.89. The van der Waals surface area contributed by atoms with Gasteiger partial charge in [-0.05, 0) is 51.5 Å². The van der Waals surface area contributed by atoms with Gasteiger partial charge in [-0.2, -0.15) is 0 Å².